The summed E-state index contributed by atoms with van der Waals surface area (Å²) in [5, 5.41) is 6.90. The Bertz CT molecular complexity index is 2210. The highest BCUT2D eigenvalue weighted by molar-refractivity contribution is 5.93. The zero-order valence-corrected chi connectivity index (χ0v) is 25.4. The lowest BCUT2D eigenvalue weighted by Gasteiger charge is -2.27. The van der Waals surface area contributed by atoms with Crippen molar-refractivity contribution in [1.82, 2.24) is 0 Å². The highest BCUT2D eigenvalue weighted by Gasteiger charge is 2.15. The van der Waals surface area contributed by atoms with Crippen LogP contribution in [0.25, 0.3) is 38.4 Å². The minimum absolute atomic E-state index is 0.329. The number of anilines is 3. The maximum Gasteiger partial charge on any atom is 0.150 e. The van der Waals surface area contributed by atoms with E-state index in [2.05, 4.69) is 116 Å². The van der Waals surface area contributed by atoms with Gasteiger partial charge in [-0.15, -0.1) is 0 Å². The van der Waals surface area contributed by atoms with Crippen LogP contribution in [0.1, 0.15) is 32.6 Å². The number of carbonyl (C=O) groups excluding carboxylic acids is 1. The Balaban J connectivity index is 1.16. The van der Waals surface area contributed by atoms with Crippen LogP contribution in [0.15, 0.2) is 140 Å². The number of nitrogens with zero attached hydrogens (tertiary/aromatic N) is 1. The third-order valence-corrected chi connectivity index (χ3v) is 8.29. The summed E-state index contributed by atoms with van der Waals surface area (Å²) in [6.45, 7) is 4.63. The van der Waals surface area contributed by atoms with Gasteiger partial charge in [0.15, 0.2) is 0 Å². The van der Waals surface area contributed by atoms with Crippen molar-refractivity contribution in [1.29, 1.82) is 0 Å². The maximum absolute atomic E-state index is 11.7. The van der Waals surface area contributed by atoms with Crippen LogP contribution in [-0.4, -0.2) is 6.29 Å². The Morgan fingerprint density at radius 1 is 0.556 bits per heavy atom. The van der Waals surface area contributed by atoms with Crippen LogP contribution in [-0.2, 0) is 11.3 Å². The number of aldehydes is 1. The highest BCUT2D eigenvalue weighted by Crippen LogP contribution is 2.38. The number of aryl methyl sites for hydroxylation is 2. The van der Waals surface area contributed by atoms with Crippen molar-refractivity contribution in [3.05, 3.63) is 168 Å². The molecule has 218 valence electrons. The highest BCUT2D eigenvalue weighted by atomic mass is 16.5. The predicted molar refractivity (Wildman–Crippen MR) is 189 cm³/mol. The molecule has 0 aliphatic heterocycles. The third kappa shape index (κ3) is 5.93. The van der Waals surface area contributed by atoms with Crippen molar-refractivity contribution < 1.29 is 9.53 Å². The summed E-state index contributed by atoms with van der Waals surface area (Å²) in [5.74, 6) is 0. The van der Waals surface area contributed by atoms with E-state index in [0.29, 0.717) is 12.2 Å². The van der Waals surface area contributed by atoms with E-state index in [-0.39, 0.29) is 0 Å². The first-order valence-corrected chi connectivity index (χ1v) is 15.2. The van der Waals surface area contributed by atoms with Gasteiger partial charge in [0.1, 0.15) is 12.9 Å². The molecule has 0 aliphatic carbocycles. The van der Waals surface area contributed by atoms with Crippen molar-refractivity contribution in [2.45, 2.75) is 20.5 Å². The van der Waals surface area contributed by atoms with Crippen molar-refractivity contribution in [3.63, 3.8) is 0 Å². The minimum atomic E-state index is 0.329. The average molecular weight is 584 g/mol. The van der Waals surface area contributed by atoms with Gasteiger partial charge in [0, 0.05) is 28.2 Å². The smallest absolute Gasteiger partial charge is 0.150 e. The van der Waals surface area contributed by atoms with Crippen molar-refractivity contribution in [2.24, 2.45) is 0 Å². The third-order valence-electron chi connectivity index (χ3n) is 8.29. The first kappa shape index (κ1) is 28.1. The number of benzene rings is 7. The second-order valence-corrected chi connectivity index (χ2v) is 11.6. The van der Waals surface area contributed by atoms with Crippen LogP contribution in [0, 0.1) is 13.8 Å². The van der Waals surface area contributed by atoms with Gasteiger partial charge in [0.05, 0.1) is 6.26 Å². The number of hydrogen-bond acceptors (Lipinski definition) is 3. The lowest BCUT2D eigenvalue weighted by atomic mass is 10.0. The molecule has 0 unspecified atom stereocenters. The van der Waals surface area contributed by atoms with Crippen LogP contribution >= 0.6 is 0 Å². The van der Waals surface area contributed by atoms with E-state index in [1.807, 2.05) is 42.5 Å². The van der Waals surface area contributed by atoms with E-state index in [4.69, 9.17) is 4.74 Å². The van der Waals surface area contributed by atoms with Crippen LogP contribution < -0.4 is 4.90 Å². The molecule has 0 heterocycles. The van der Waals surface area contributed by atoms with Gasteiger partial charge in [-0.2, -0.15) is 0 Å². The second-order valence-electron chi connectivity index (χ2n) is 11.6. The molecular weight excluding hydrogens is 550 g/mol. The Labute approximate surface area is 263 Å². The second kappa shape index (κ2) is 12.1. The first-order chi connectivity index (χ1) is 22.0. The van der Waals surface area contributed by atoms with Gasteiger partial charge in [0.2, 0.25) is 0 Å². The summed E-state index contributed by atoms with van der Waals surface area (Å²) in [4.78, 5) is 14.0. The van der Waals surface area contributed by atoms with E-state index in [0.717, 1.165) is 56.0 Å². The molecule has 0 saturated heterocycles. The standard InChI is InChI=1S/C42H33NO2/c1-29-19-30(2)21-42(20-29)43(40-15-13-32-7-3-4-10-35(32)25-40)41-16-14-36-22-31(11-12-37(36)26-41)17-18-45-28-39-24-34-9-6-5-8-33(34)23-38(39)27-44/h3-27H,28H2,1-2H3. The number of carbonyl (C=O) groups is 1. The molecule has 7 aromatic rings. The van der Waals surface area contributed by atoms with E-state index >= 15 is 0 Å². The molecule has 0 spiro atoms. The molecule has 3 nitrogen and oxygen atoms in total. The van der Waals surface area contributed by atoms with E-state index in [1.165, 1.54) is 21.9 Å². The van der Waals surface area contributed by atoms with E-state index in [9.17, 15) is 4.79 Å². The van der Waals surface area contributed by atoms with E-state index < -0.39 is 0 Å². The molecule has 0 saturated carbocycles. The quantitative estimate of drug-likeness (QED) is 0.132. The monoisotopic (exact) mass is 583 g/mol. The molecule has 3 heteroatoms. The fraction of sp³-hybridized carbons (Fsp3) is 0.0714. The molecule has 7 aromatic carbocycles. The van der Waals surface area contributed by atoms with Crippen molar-refractivity contribution in [2.75, 3.05) is 4.90 Å². The summed E-state index contributed by atoms with van der Waals surface area (Å²) in [6, 6.07) is 46.9. The maximum atomic E-state index is 11.7. The fourth-order valence-corrected chi connectivity index (χ4v) is 6.14. The molecule has 0 aliphatic rings. The van der Waals surface area contributed by atoms with Crippen molar-refractivity contribution in [3.8, 4) is 0 Å². The lowest BCUT2D eigenvalue weighted by Crippen LogP contribution is -2.10. The summed E-state index contributed by atoms with van der Waals surface area (Å²) < 4.78 is 5.88. The molecule has 0 N–H and O–H groups in total. The molecule has 0 aromatic heterocycles. The van der Waals surface area contributed by atoms with Gasteiger partial charge in [-0.3, -0.25) is 4.79 Å². The zero-order chi connectivity index (χ0) is 30.8. The lowest BCUT2D eigenvalue weighted by molar-refractivity contribution is 0.112. The van der Waals surface area contributed by atoms with Gasteiger partial charge in [-0.05, 0) is 124 Å². The van der Waals surface area contributed by atoms with Crippen LogP contribution in [0.3, 0.4) is 0 Å². The molecule has 0 atom stereocenters. The molecule has 0 amide bonds. The largest absolute Gasteiger partial charge is 0.496 e. The van der Waals surface area contributed by atoms with Gasteiger partial charge >= 0.3 is 0 Å². The molecule has 7 rings (SSSR count). The molecular formula is C42H33NO2. The summed E-state index contributed by atoms with van der Waals surface area (Å²) in [6.07, 6.45) is 4.57. The molecule has 0 bridgehead atoms. The summed E-state index contributed by atoms with van der Waals surface area (Å²) >= 11 is 0. The summed E-state index contributed by atoms with van der Waals surface area (Å²) in [5.41, 5.74) is 8.42. The van der Waals surface area contributed by atoms with Gasteiger partial charge in [-0.1, -0.05) is 78.9 Å². The Morgan fingerprint density at radius 2 is 1.11 bits per heavy atom. The fourth-order valence-electron chi connectivity index (χ4n) is 6.14. The van der Waals surface area contributed by atoms with Crippen molar-refractivity contribution >= 4 is 61.7 Å². The number of hydrogen-bond donors (Lipinski definition) is 0. The van der Waals surface area contributed by atoms with Crippen LogP contribution in [0.4, 0.5) is 17.1 Å². The summed E-state index contributed by atoms with van der Waals surface area (Å²) in [7, 11) is 0. The number of ether oxygens (including phenoxy) is 1. The van der Waals surface area contributed by atoms with Crippen LogP contribution in [0.2, 0.25) is 0 Å². The van der Waals surface area contributed by atoms with E-state index in [1.54, 1.807) is 6.26 Å². The van der Waals surface area contributed by atoms with Gasteiger partial charge < -0.3 is 9.64 Å². The minimum Gasteiger partial charge on any atom is -0.496 e. The SMILES string of the molecule is Cc1cc(C)cc(N(c2ccc3ccccc3c2)c2ccc3cc(C=COCc4cc5ccccc5cc4C=O)ccc3c2)c1. The molecule has 45 heavy (non-hydrogen) atoms. The predicted octanol–water partition coefficient (Wildman–Crippen LogP) is 11.2. The Morgan fingerprint density at radius 3 is 1.80 bits per heavy atom. The number of fused-ring (bicyclic) bond motifs is 3. The Hall–Kier alpha value is -5.67. The van der Waals surface area contributed by atoms with Gasteiger partial charge in [-0.25, -0.2) is 0 Å². The average Bonchev–Trinajstić information content (AvgIpc) is 3.06. The molecule has 0 radical (unpaired) electrons. The normalized spacial score (nSPS) is 11.4. The molecule has 0 fully saturated rings. The zero-order valence-electron chi connectivity index (χ0n) is 25.4. The first-order valence-electron chi connectivity index (χ1n) is 15.2. The van der Waals surface area contributed by atoms with Crippen LogP contribution in [0.5, 0.6) is 0 Å². The topological polar surface area (TPSA) is 29.5 Å². The number of rotatable bonds is 8. The van der Waals surface area contributed by atoms with Gasteiger partial charge in [0.25, 0.3) is 0 Å². The Kier molecular flexibility index (Phi) is 7.59.